The highest BCUT2D eigenvalue weighted by Crippen LogP contribution is 2.43. The van der Waals surface area contributed by atoms with E-state index in [2.05, 4.69) is 10.0 Å². The molecule has 0 saturated carbocycles. The summed E-state index contributed by atoms with van der Waals surface area (Å²) in [4.78, 5) is 13.1. The number of nitrogens with zero attached hydrogens (tertiary/aromatic N) is 1. The summed E-state index contributed by atoms with van der Waals surface area (Å²) in [5, 5.41) is 3.09. The van der Waals surface area contributed by atoms with Gasteiger partial charge >= 0.3 is 0 Å². The van der Waals surface area contributed by atoms with Gasteiger partial charge in [-0.25, -0.2) is 16.8 Å². The van der Waals surface area contributed by atoms with Gasteiger partial charge < -0.3 is 5.32 Å². The van der Waals surface area contributed by atoms with E-state index < -0.39 is 32.5 Å². The highest BCUT2D eigenvalue weighted by Gasteiger charge is 2.35. The largest absolute Gasteiger partial charge is 0.325 e. The van der Waals surface area contributed by atoms with E-state index in [-0.39, 0.29) is 9.79 Å². The van der Waals surface area contributed by atoms with Crippen LogP contribution < -0.4 is 14.3 Å². The standard InChI is InChI=1S/C28H24ClN3O5S2/c1-18-7-14-26-24(15-18)23-5-3-4-6-27(23)39(36,37)32(26)17-28(33)30-20-10-12-22(13-11-20)38(34,35)31-21-9-8-19(2)25(29)16-21/h3-16,31H,17H2,1-2H3,(H,30,33). The zero-order chi connectivity index (χ0) is 27.9. The van der Waals surface area contributed by atoms with E-state index in [9.17, 15) is 21.6 Å². The molecule has 200 valence electrons. The van der Waals surface area contributed by atoms with Crippen LogP contribution in [0.2, 0.25) is 5.02 Å². The highest BCUT2D eigenvalue weighted by atomic mass is 35.5. The third-order valence-electron chi connectivity index (χ3n) is 6.33. The van der Waals surface area contributed by atoms with E-state index in [4.69, 9.17) is 11.6 Å². The Bertz CT molecular complexity index is 1820. The molecule has 0 aliphatic carbocycles. The summed E-state index contributed by atoms with van der Waals surface area (Å²) < 4.78 is 56.0. The van der Waals surface area contributed by atoms with Crippen molar-refractivity contribution >= 4 is 54.6 Å². The summed E-state index contributed by atoms with van der Waals surface area (Å²) in [5.74, 6) is -0.576. The molecule has 1 heterocycles. The number of sulfonamides is 2. The average molecular weight is 582 g/mol. The van der Waals surface area contributed by atoms with Crippen molar-refractivity contribution in [1.29, 1.82) is 0 Å². The Morgan fingerprint density at radius 3 is 2.28 bits per heavy atom. The molecule has 0 radical (unpaired) electrons. The number of hydrogen-bond donors (Lipinski definition) is 2. The first-order valence-corrected chi connectivity index (χ1v) is 15.2. The minimum Gasteiger partial charge on any atom is -0.325 e. The van der Waals surface area contributed by atoms with Gasteiger partial charge in [-0.3, -0.25) is 13.8 Å². The molecule has 8 nitrogen and oxygen atoms in total. The van der Waals surface area contributed by atoms with Crippen molar-refractivity contribution in [3.63, 3.8) is 0 Å². The third kappa shape index (κ3) is 5.23. The maximum absolute atomic E-state index is 13.4. The lowest BCUT2D eigenvalue weighted by Gasteiger charge is -2.31. The van der Waals surface area contributed by atoms with E-state index in [0.717, 1.165) is 21.0 Å². The molecule has 0 fully saturated rings. The van der Waals surface area contributed by atoms with Crippen molar-refractivity contribution in [2.45, 2.75) is 23.6 Å². The summed E-state index contributed by atoms with van der Waals surface area (Å²) in [6.45, 7) is 3.27. The Hall–Kier alpha value is -3.86. The quantitative estimate of drug-likeness (QED) is 0.309. The number of halogens is 1. The molecule has 0 atom stereocenters. The molecule has 2 N–H and O–H groups in total. The smallest absolute Gasteiger partial charge is 0.265 e. The Balaban J connectivity index is 1.34. The number of hydrogen-bond acceptors (Lipinski definition) is 5. The van der Waals surface area contributed by atoms with Gasteiger partial charge in [0.2, 0.25) is 5.91 Å². The molecule has 0 spiro atoms. The molecule has 0 unspecified atom stereocenters. The van der Waals surface area contributed by atoms with Crippen LogP contribution in [0.15, 0.2) is 94.7 Å². The summed E-state index contributed by atoms with van der Waals surface area (Å²) in [7, 11) is -7.88. The van der Waals surface area contributed by atoms with Gasteiger partial charge in [0.25, 0.3) is 20.0 Å². The van der Waals surface area contributed by atoms with Crippen molar-refractivity contribution < 1.29 is 21.6 Å². The van der Waals surface area contributed by atoms with Gasteiger partial charge in [0.15, 0.2) is 0 Å². The Kier molecular flexibility index (Phi) is 6.88. The van der Waals surface area contributed by atoms with Gasteiger partial charge in [0.1, 0.15) is 6.54 Å². The average Bonchev–Trinajstić information content (AvgIpc) is 2.89. The summed E-state index contributed by atoms with van der Waals surface area (Å²) >= 11 is 6.09. The molecule has 0 saturated heterocycles. The number of amides is 1. The first-order chi connectivity index (χ1) is 18.5. The number of nitrogens with one attached hydrogen (secondary N) is 2. The monoisotopic (exact) mass is 581 g/mol. The van der Waals surface area contributed by atoms with Crippen LogP contribution in [-0.2, 0) is 24.8 Å². The van der Waals surface area contributed by atoms with Crippen molar-refractivity contribution in [2.24, 2.45) is 0 Å². The van der Waals surface area contributed by atoms with Gasteiger partial charge in [-0.2, -0.15) is 0 Å². The van der Waals surface area contributed by atoms with Crippen molar-refractivity contribution in [1.82, 2.24) is 0 Å². The number of benzene rings is 4. The molecule has 1 aliphatic rings. The molecule has 4 aromatic rings. The van der Waals surface area contributed by atoms with Crippen molar-refractivity contribution in [2.75, 3.05) is 20.9 Å². The number of fused-ring (bicyclic) bond motifs is 3. The fourth-order valence-electron chi connectivity index (χ4n) is 4.33. The normalized spacial score (nSPS) is 13.8. The second-order valence-corrected chi connectivity index (χ2v) is 13.1. The first kappa shape index (κ1) is 26.7. The van der Waals surface area contributed by atoms with Crippen LogP contribution in [-0.4, -0.2) is 29.3 Å². The summed E-state index contributed by atoms with van der Waals surface area (Å²) in [5.41, 5.74) is 4.15. The van der Waals surface area contributed by atoms with Crippen LogP contribution in [0, 0.1) is 13.8 Å². The fourth-order valence-corrected chi connectivity index (χ4v) is 7.21. The van der Waals surface area contributed by atoms with Gasteiger partial charge in [-0.1, -0.05) is 47.5 Å². The minimum atomic E-state index is -3.98. The SMILES string of the molecule is Cc1ccc2c(c1)-c1ccccc1S(=O)(=O)N2CC(=O)Nc1ccc(S(=O)(=O)Nc2ccc(C)c(Cl)c2)cc1. The summed E-state index contributed by atoms with van der Waals surface area (Å²) in [6, 6.07) is 22.5. The van der Waals surface area contributed by atoms with Gasteiger partial charge in [-0.05, 0) is 74.0 Å². The number of rotatable bonds is 6. The zero-order valence-corrected chi connectivity index (χ0v) is 23.4. The van der Waals surface area contributed by atoms with Gasteiger partial charge in [0, 0.05) is 21.8 Å². The van der Waals surface area contributed by atoms with E-state index in [1.54, 1.807) is 42.5 Å². The Morgan fingerprint density at radius 1 is 0.872 bits per heavy atom. The van der Waals surface area contributed by atoms with Gasteiger partial charge in [-0.15, -0.1) is 0 Å². The highest BCUT2D eigenvalue weighted by molar-refractivity contribution is 7.93. The third-order valence-corrected chi connectivity index (χ3v) is 9.95. The molecule has 0 aromatic heterocycles. The lowest BCUT2D eigenvalue weighted by molar-refractivity contribution is -0.114. The number of anilines is 3. The van der Waals surface area contributed by atoms with Crippen LogP contribution in [0.4, 0.5) is 17.1 Å². The molecule has 1 aliphatic heterocycles. The predicted molar refractivity (Wildman–Crippen MR) is 153 cm³/mol. The maximum Gasteiger partial charge on any atom is 0.265 e. The second-order valence-electron chi connectivity index (χ2n) is 9.17. The predicted octanol–water partition coefficient (Wildman–Crippen LogP) is 5.57. The Labute approximate surface area is 232 Å². The molecule has 0 bridgehead atoms. The van der Waals surface area contributed by atoms with E-state index in [0.29, 0.717) is 27.6 Å². The lowest BCUT2D eigenvalue weighted by atomic mass is 10.0. The van der Waals surface area contributed by atoms with Crippen LogP contribution in [0.1, 0.15) is 11.1 Å². The molecule has 1 amide bonds. The van der Waals surface area contributed by atoms with Crippen LogP contribution >= 0.6 is 11.6 Å². The molecule has 39 heavy (non-hydrogen) atoms. The number of carbonyl (C=O) groups excluding carboxylic acids is 1. The van der Waals surface area contributed by atoms with Crippen LogP contribution in [0.5, 0.6) is 0 Å². The topological polar surface area (TPSA) is 113 Å². The second kappa shape index (κ2) is 10.0. The minimum absolute atomic E-state index is 0.0169. The van der Waals surface area contributed by atoms with Crippen molar-refractivity contribution in [3.05, 3.63) is 101 Å². The molecule has 4 aromatic carbocycles. The number of aryl methyl sites for hydroxylation is 2. The molecular formula is C28H24ClN3O5S2. The molecule has 11 heteroatoms. The van der Waals surface area contributed by atoms with E-state index >= 15 is 0 Å². The Morgan fingerprint density at radius 2 is 1.56 bits per heavy atom. The van der Waals surface area contributed by atoms with E-state index in [1.807, 2.05) is 19.9 Å². The maximum atomic E-state index is 13.4. The van der Waals surface area contributed by atoms with Gasteiger partial charge in [0.05, 0.1) is 21.2 Å². The van der Waals surface area contributed by atoms with Crippen molar-refractivity contribution in [3.8, 4) is 11.1 Å². The van der Waals surface area contributed by atoms with E-state index in [1.165, 1.54) is 36.4 Å². The first-order valence-electron chi connectivity index (χ1n) is 11.9. The molecule has 5 rings (SSSR count). The number of carbonyl (C=O) groups is 1. The van der Waals surface area contributed by atoms with Crippen LogP contribution in [0.25, 0.3) is 11.1 Å². The zero-order valence-electron chi connectivity index (χ0n) is 21.0. The fraction of sp³-hybridized carbons (Fsp3) is 0.107. The molecular weight excluding hydrogens is 558 g/mol. The van der Waals surface area contributed by atoms with Crippen LogP contribution in [0.3, 0.4) is 0 Å². The lowest BCUT2D eigenvalue weighted by Crippen LogP contribution is -2.40. The summed E-state index contributed by atoms with van der Waals surface area (Å²) in [6.07, 6.45) is 0.